The molecule has 0 fully saturated rings. The maximum Gasteiger partial charge on any atom is 0.194 e. The molecule has 0 radical (unpaired) electrons. The van der Waals surface area contributed by atoms with E-state index in [0.717, 1.165) is 18.9 Å². The first-order valence-electron chi connectivity index (χ1n) is 5.17. The molecular formula is C11H16ClF3N2. The number of rotatable bonds is 5. The SMILES string of the molecule is Cl.NCCCC[C@H](N)c1ccc(F)c(F)c1F. The summed E-state index contributed by atoms with van der Waals surface area (Å²) in [4.78, 5) is 0. The monoisotopic (exact) mass is 268 g/mol. The van der Waals surface area contributed by atoms with Gasteiger partial charge in [-0.15, -0.1) is 12.4 Å². The lowest BCUT2D eigenvalue weighted by atomic mass is 10.0. The van der Waals surface area contributed by atoms with Gasteiger partial charge in [-0.2, -0.15) is 0 Å². The van der Waals surface area contributed by atoms with E-state index in [-0.39, 0.29) is 18.0 Å². The van der Waals surface area contributed by atoms with Gasteiger partial charge in [-0.25, -0.2) is 13.2 Å². The van der Waals surface area contributed by atoms with Crippen LogP contribution in [-0.4, -0.2) is 6.54 Å². The fourth-order valence-electron chi connectivity index (χ4n) is 1.49. The average molecular weight is 269 g/mol. The molecule has 0 aliphatic rings. The molecule has 0 saturated carbocycles. The summed E-state index contributed by atoms with van der Waals surface area (Å²) in [6.07, 6.45) is 2.01. The molecule has 17 heavy (non-hydrogen) atoms. The largest absolute Gasteiger partial charge is 0.330 e. The maximum atomic E-state index is 13.3. The zero-order valence-corrected chi connectivity index (χ0v) is 10.1. The molecule has 1 aromatic rings. The summed E-state index contributed by atoms with van der Waals surface area (Å²) < 4.78 is 38.9. The Labute approximate surface area is 105 Å². The highest BCUT2D eigenvalue weighted by Gasteiger charge is 2.17. The zero-order chi connectivity index (χ0) is 12.1. The summed E-state index contributed by atoms with van der Waals surface area (Å²) in [5.74, 6) is -3.86. The minimum absolute atomic E-state index is 0. The Hall–Kier alpha value is -0.780. The van der Waals surface area contributed by atoms with Gasteiger partial charge in [-0.3, -0.25) is 0 Å². The third-order valence-electron chi connectivity index (χ3n) is 2.43. The summed E-state index contributed by atoms with van der Waals surface area (Å²) in [7, 11) is 0. The summed E-state index contributed by atoms with van der Waals surface area (Å²) in [6, 6.07) is 1.44. The lowest BCUT2D eigenvalue weighted by Gasteiger charge is -2.13. The Morgan fingerprint density at radius 3 is 2.29 bits per heavy atom. The van der Waals surface area contributed by atoms with Gasteiger partial charge in [-0.1, -0.05) is 12.5 Å². The Morgan fingerprint density at radius 2 is 1.71 bits per heavy atom. The van der Waals surface area contributed by atoms with Crippen LogP contribution in [0.5, 0.6) is 0 Å². The second kappa shape index (κ2) is 7.53. The summed E-state index contributed by atoms with van der Waals surface area (Å²) in [5, 5.41) is 0. The Bertz CT molecular complexity index is 361. The summed E-state index contributed by atoms with van der Waals surface area (Å²) >= 11 is 0. The van der Waals surface area contributed by atoms with Crippen molar-refractivity contribution in [1.82, 2.24) is 0 Å². The van der Waals surface area contributed by atoms with Gasteiger partial charge in [0.15, 0.2) is 17.5 Å². The van der Waals surface area contributed by atoms with Crippen molar-refractivity contribution in [1.29, 1.82) is 0 Å². The second-order valence-electron chi connectivity index (χ2n) is 3.66. The van der Waals surface area contributed by atoms with E-state index in [1.165, 1.54) is 6.07 Å². The van der Waals surface area contributed by atoms with Crippen LogP contribution in [0, 0.1) is 17.5 Å². The fraction of sp³-hybridized carbons (Fsp3) is 0.455. The van der Waals surface area contributed by atoms with Crippen LogP contribution in [0.15, 0.2) is 12.1 Å². The molecule has 0 saturated heterocycles. The molecule has 0 bridgehead atoms. The van der Waals surface area contributed by atoms with E-state index < -0.39 is 23.5 Å². The molecule has 0 spiro atoms. The van der Waals surface area contributed by atoms with Gasteiger partial charge in [0, 0.05) is 11.6 Å². The molecule has 0 aromatic heterocycles. The molecule has 4 N–H and O–H groups in total. The van der Waals surface area contributed by atoms with Crippen molar-refractivity contribution in [2.75, 3.05) is 6.54 Å². The third kappa shape index (κ3) is 4.18. The van der Waals surface area contributed by atoms with Crippen molar-refractivity contribution in [2.24, 2.45) is 11.5 Å². The molecule has 1 aromatic carbocycles. The first kappa shape index (κ1) is 16.2. The van der Waals surface area contributed by atoms with Gasteiger partial charge in [0.25, 0.3) is 0 Å². The number of hydrogen-bond acceptors (Lipinski definition) is 2. The van der Waals surface area contributed by atoms with Crippen LogP contribution >= 0.6 is 12.4 Å². The van der Waals surface area contributed by atoms with E-state index in [9.17, 15) is 13.2 Å². The summed E-state index contributed by atoms with van der Waals surface area (Å²) in [6.45, 7) is 0.535. The van der Waals surface area contributed by atoms with Crippen molar-refractivity contribution >= 4 is 12.4 Å². The number of halogens is 4. The Kier molecular flexibility index (Phi) is 7.18. The predicted molar refractivity (Wildman–Crippen MR) is 63.4 cm³/mol. The lowest BCUT2D eigenvalue weighted by molar-refractivity contribution is 0.431. The highest BCUT2D eigenvalue weighted by Crippen LogP contribution is 2.23. The standard InChI is InChI=1S/C11H15F3N2.ClH/c12-8-5-4-7(10(13)11(8)14)9(16)3-1-2-6-15;/h4-5,9H,1-3,6,15-16H2;1H/t9-;/m0./s1. The van der Waals surface area contributed by atoms with Crippen molar-refractivity contribution < 1.29 is 13.2 Å². The fourth-order valence-corrected chi connectivity index (χ4v) is 1.49. The molecule has 1 rings (SSSR count). The maximum absolute atomic E-state index is 13.3. The molecule has 0 aliphatic heterocycles. The van der Waals surface area contributed by atoms with E-state index in [1.807, 2.05) is 0 Å². The quantitative estimate of drug-likeness (QED) is 0.637. The highest BCUT2D eigenvalue weighted by molar-refractivity contribution is 5.85. The first-order chi connectivity index (χ1) is 7.57. The van der Waals surface area contributed by atoms with Crippen LogP contribution in [-0.2, 0) is 0 Å². The van der Waals surface area contributed by atoms with Gasteiger partial charge in [0.2, 0.25) is 0 Å². The van der Waals surface area contributed by atoms with Gasteiger partial charge in [-0.05, 0) is 25.5 Å². The number of hydrogen-bond donors (Lipinski definition) is 2. The van der Waals surface area contributed by atoms with E-state index in [0.29, 0.717) is 13.0 Å². The van der Waals surface area contributed by atoms with Crippen LogP contribution < -0.4 is 11.5 Å². The Morgan fingerprint density at radius 1 is 1.06 bits per heavy atom. The van der Waals surface area contributed by atoms with Gasteiger partial charge >= 0.3 is 0 Å². The second-order valence-corrected chi connectivity index (χ2v) is 3.66. The van der Waals surface area contributed by atoms with Crippen LogP contribution in [0.25, 0.3) is 0 Å². The molecule has 0 aliphatic carbocycles. The van der Waals surface area contributed by atoms with Crippen LogP contribution in [0.3, 0.4) is 0 Å². The van der Waals surface area contributed by atoms with Gasteiger partial charge in [0.1, 0.15) is 0 Å². The molecule has 2 nitrogen and oxygen atoms in total. The average Bonchev–Trinajstić information content (AvgIpc) is 2.26. The molecule has 98 valence electrons. The molecular weight excluding hydrogens is 253 g/mol. The summed E-state index contributed by atoms with van der Waals surface area (Å²) in [5.41, 5.74) is 11.0. The van der Waals surface area contributed by atoms with Crippen molar-refractivity contribution in [3.63, 3.8) is 0 Å². The van der Waals surface area contributed by atoms with Crippen LogP contribution in [0.4, 0.5) is 13.2 Å². The predicted octanol–water partition coefficient (Wildman–Crippen LogP) is 2.65. The smallest absolute Gasteiger partial charge is 0.194 e. The first-order valence-corrected chi connectivity index (χ1v) is 5.17. The third-order valence-corrected chi connectivity index (χ3v) is 2.43. The van der Waals surface area contributed by atoms with Crippen molar-refractivity contribution in [3.05, 3.63) is 35.1 Å². The molecule has 0 heterocycles. The normalized spacial score (nSPS) is 12.1. The topological polar surface area (TPSA) is 52.0 Å². The highest BCUT2D eigenvalue weighted by atomic mass is 35.5. The number of nitrogens with two attached hydrogens (primary N) is 2. The zero-order valence-electron chi connectivity index (χ0n) is 9.26. The molecule has 0 amide bonds. The minimum Gasteiger partial charge on any atom is -0.330 e. The van der Waals surface area contributed by atoms with Gasteiger partial charge in [0.05, 0.1) is 0 Å². The van der Waals surface area contributed by atoms with E-state index in [4.69, 9.17) is 11.5 Å². The molecule has 0 unspecified atom stereocenters. The van der Waals surface area contributed by atoms with E-state index >= 15 is 0 Å². The van der Waals surface area contributed by atoms with Crippen molar-refractivity contribution in [2.45, 2.75) is 25.3 Å². The molecule has 1 atom stereocenters. The van der Waals surface area contributed by atoms with E-state index in [2.05, 4.69) is 0 Å². The van der Waals surface area contributed by atoms with Crippen LogP contribution in [0.1, 0.15) is 30.9 Å². The lowest BCUT2D eigenvalue weighted by Crippen LogP contribution is -2.14. The van der Waals surface area contributed by atoms with E-state index in [1.54, 1.807) is 0 Å². The number of unbranched alkanes of at least 4 members (excludes halogenated alkanes) is 1. The number of benzene rings is 1. The van der Waals surface area contributed by atoms with Crippen LogP contribution in [0.2, 0.25) is 0 Å². The van der Waals surface area contributed by atoms with Crippen molar-refractivity contribution in [3.8, 4) is 0 Å². The Balaban J connectivity index is 0.00000256. The van der Waals surface area contributed by atoms with Gasteiger partial charge < -0.3 is 11.5 Å². The minimum atomic E-state index is -1.47. The molecule has 6 heteroatoms.